The first-order chi connectivity index (χ1) is 20.0. The fourth-order valence-electron chi connectivity index (χ4n) is 4.43. The van der Waals surface area contributed by atoms with Gasteiger partial charge in [0, 0.05) is 29.6 Å². The number of carbonyl (C=O) groups is 2. The van der Waals surface area contributed by atoms with E-state index in [2.05, 4.69) is 5.32 Å². The van der Waals surface area contributed by atoms with Crippen molar-refractivity contribution < 1.29 is 22.7 Å². The molecule has 3 rings (SSSR count). The Morgan fingerprint density at radius 3 is 2.31 bits per heavy atom. The molecule has 1 N–H and O–H groups in total. The minimum atomic E-state index is -3.93. The van der Waals surface area contributed by atoms with E-state index in [9.17, 15) is 18.0 Å². The number of rotatable bonds is 15. The normalized spacial score (nSPS) is 11.9. The summed E-state index contributed by atoms with van der Waals surface area (Å²) in [4.78, 5) is 29.3. The molecule has 0 radical (unpaired) electrons. The summed E-state index contributed by atoms with van der Waals surface area (Å²) in [5.41, 5.74) is 1.64. The van der Waals surface area contributed by atoms with Crippen LogP contribution in [0, 0.1) is 0 Å². The lowest BCUT2D eigenvalue weighted by Crippen LogP contribution is -2.53. The fraction of sp³-hybridized carbons (Fsp3) is 0.355. The Kier molecular flexibility index (Phi) is 12.5. The summed E-state index contributed by atoms with van der Waals surface area (Å²) in [6.45, 7) is 3.96. The molecule has 3 aromatic carbocycles. The molecule has 0 aliphatic rings. The molecule has 42 heavy (non-hydrogen) atoms. The topological polar surface area (TPSA) is 96.0 Å². The third-order valence-corrected chi connectivity index (χ3v) is 8.28. The number of halogens is 2. The summed E-state index contributed by atoms with van der Waals surface area (Å²) in [5, 5.41) is 3.70. The quantitative estimate of drug-likeness (QED) is 0.216. The van der Waals surface area contributed by atoms with E-state index in [-0.39, 0.29) is 24.6 Å². The molecule has 8 nitrogen and oxygen atoms in total. The van der Waals surface area contributed by atoms with Crippen LogP contribution in [0.5, 0.6) is 5.75 Å². The second kappa shape index (κ2) is 15.8. The molecular weight excluding hydrogens is 597 g/mol. The van der Waals surface area contributed by atoms with Crippen molar-refractivity contribution in [1.29, 1.82) is 0 Å². The van der Waals surface area contributed by atoms with E-state index >= 15 is 0 Å². The maximum Gasteiger partial charge on any atom is 0.244 e. The third-order valence-electron chi connectivity index (χ3n) is 6.57. The van der Waals surface area contributed by atoms with E-state index in [0.717, 1.165) is 29.0 Å². The van der Waals surface area contributed by atoms with E-state index in [1.54, 1.807) is 49.4 Å². The summed E-state index contributed by atoms with van der Waals surface area (Å²) in [6, 6.07) is 19.9. The number of ether oxygens (including phenoxy) is 1. The van der Waals surface area contributed by atoms with Gasteiger partial charge in [0.05, 0.1) is 18.6 Å². The molecule has 0 spiro atoms. The van der Waals surface area contributed by atoms with Crippen LogP contribution in [0.25, 0.3) is 0 Å². The second-order valence-corrected chi connectivity index (χ2v) is 12.5. The standard InChI is InChI=1S/C31H37Cl2N3O5S/c1-4-6-18-34-31(38)28(19-23-12-8-7-9-13-23)35(21-24-16-17-25(32)20-26(24)33)30(37)22-36(42(3,39)40)27-14-10-11-15-29(27)41-5-2/h7-17,20,28H,4-6,18-19,21-22H2,1-3H3,(H,34,38). The van der Waals surface area contributed by atoms with Crippen molar-refractivity contribution in [1.82, 2.24) is 10.2 Å². The molecule has 2 amide bonds. The highest BCUT2D eigenvalue weighted by atomic mass is 35.5. The molecular formula is C31H37Cl2N3O5S. The molecule has 0 bridgehead atoms. The van der Waals surface area contributed by atoms with E-state index in [4.69, 9.17) is 27.9 Å². The number of unbranched alkanes of at least 4 members (excludes halogenated alkanes) is 1. The van der Waals surface area contributed by atoms with Crippen LogP contribution >= 0.6 is 23.2 Å². The Bertz CT molecular complexity index is 1450. The van der Waals surface area contributed by atoms with Gasteiger partial charge in [-0.2, -0.15) is 0 Å². The molecule has 0 heterocycles. The molecule has 1 unspecified atom stereocenters. The fourth-order valence-corrected chi connectivity index (χ4v) is 5.75. The Morgan fingerprint density at radius 2 is 1.67 bits per heavy atom. The monoisotopic (exact) mass is 633 g/mol. The van der Waals surface area contributed by atoms with E-state index in [0.29, 0.717) is 34.5 Å². The maximum absolute atomic E-state index is 14.2. The van der Waals surface area contributed by atoms with Crippen molar-refractivity contribution in [3.05, 3.63) is 94.0 Å². The number of carbonyl (C=O) groups excluding carboxylic acids is 2. The zero-order valence-corrected chi connectivity index (χ0v) is 26.4. The molecule has 0 saturated heterocycles. The zero-order valence-electron chi connectivity index (χ0n) is 24.1. The number of benzene rings is 3. The van der Waals surface area contributed by atoms with Gasteiger partial charge in [-0.15, -0.1) is 0 Å². The summed E-state index contributed by atoms with van der Waals surface area (Å²) in [7, 11) is -3.93. The third kappa shape index (κ3) is 9.37. The van der Waals surface area contributed by atoms with E-state index in [1.165, 1.54) is 4.90 Å². The van der Waals surface area contributed by atoms with E-state index in [1.807, 2.05) is 37.3 Å². The van der Waals surface area contributed by atoms with Crippen LogP contribution in [0.4, 0.5) is 5.69 Å². The highest BCUT2D eigenvalue weighted by molar-refractivity contribution is 7.92. The van der Waals surface area contributed by atoms with Gasteiger partial charge in [0.15, 0.2) is 0 Å². The SMILES string of the molecule is CCCCNC(=O)C(Cc1ccccc1)N(Cc1ccc(Cl)cc1Cl)C(=O)CN(c1ccccc1OCC)S(C)(=O)=O. The van der Waals surface area contributed by atoms with Crippen LogP contribution in [0.3, 0.4) is 0 Å². The molecule has 226 valence electrons. The summed E-state index contributed by atoms with van der Waals surface area (Å²) < 4.78 is 32.8. The van der Waals surface area contributed by atoms with Crippen LogP contribution < -0.4 is 14.4 Å². The lowest BCUT2D eigenvalue weighted by atomic mass is 10.0. The minimum absolute atomic E-state index is 0.0434. The van der Waals surface area contributed by atoms with Crippen LogP contribution in [0.2, 0.25) is 10.0 Å². The van der Waals surface area contributed by atoms with Crippen LogP contribution in [0.15, 0.2) is 72.8 Å². The first-order valence-corrected chi connectivity index (χ1v) is 16.4. The molecule has 3 aromatic rings. The zero-order chi connectivity index (χ0) is 30.7. The molecule has 0 fully saturated rings. The Morgan fingerprint density at radius 1 is 0.976 bits per heavy atom. The molecule has 0 saturated carbocycles. The van der Waals surface area contributed by atoms with Crippen molar-refractivity contribution in [3.63, 3.8) is 0 Å². The van der Waals surface area contributed by atoms with Crippen molar-refractivity contribution in [2.24, 2.45) is 0 Å². The average Bonchev–Trinajstić information content (AvgIpc) is 2.95. The van der Waals surface area contributed by atoms with Gasteiger partial charge in [0.1, 0.15) is 18.3 Å². The van der Waals surface area contributed by atoms with Crippen molar-refractivity contribution in [2.75, 3.05) is 30.3 Å². The van der Waals surface area contributed by atoms with Crippen LogP contribution in [-0.2, 0) is 32.6 Å². The molecule has 1 atom stereocenters. The van der Waals surface area contributed by atoms with Crippen molar-refractivity contribution in [2.45, 2.75) is 45.7 Å². The van der Waals surface area contributed by atoms with Crippen LogP contribution in [0.1, 0.15) is 37.8 Å². The number of nitrogens with zero attached hydrogens (tertiary/aromatic N) is 2. The van der Waals surface area contributed by atoms with Gasteiger partial charge in [-0.1, -0.05) is 85.1 Å². The lowest BCUT2D eigenvalue weighted by Gasteiger charge is -2.34. The number of nitrogens with one attached hydrogen (secondary N) is 1. The average molecular weight is 635 g/mol. The Balaban J connectivity index is 2.09. The first-order valence-electron chi connectivity index (χ1n) is 13.8. The number of para-hydroxylation sites is 2. The number of hydrogen-bond acceptors (Lipinski definition) is 5. The predicted molar refractivity (Wildman–Crippen MR) is 169 cm³/mol. The van der Waals surface area contributed by atoms with Crippen molar-refractivity contribution in [3.8, 4) is 5.75 Å². The highest BCUT2D eigenvalue weighted by Crippen LogP contribution is 2.31. The van der Waals surface area contributed by atoms with E-state index < -0.39 is 28.5 Å². The first kappa shape index (κ1) is 33.2. The smallest absolute Gasteiger partial charge is 0.244 e. The summed E-state index contributed by atoms with van der Waals surface area (Å²) in [6.07, 6.45) is 2.90. The second-order valence-electron chi connectivity index (χ2n) is 9.78. The molecule has 0 aliphatic heterocycles. The van der Waals surface area contributed by atoms with Gasteiger partial charge in [0.25, 0.3) is 0 Å². The highest BCUT2D eigenvalue weighted by Gasteiger charge is 2.34. The van der Waals surface area contributed by atoms with Gasteiger partial charge in [-0.05, 0) is 48.7 Å². The minimum Gasteiger partial charge on any atom is -0.492 e. The summed E-state index contributed by atoms with van der Waals surface area (Å²) >= 11 is 12.6. The molecule has 0 aliphatic carbocycles. The van der Waals surface area contributed by atoms with Gasteiger partial charge in [-0.3, -0.25) is 13.9 Å². The van der Waals surface area contributed by atoms with Crippen molar-refractivity contribution >= 4 is 50.7 Å². The Hall–Kier alpha value is -3.27. The predicted octanol–water partition coefficient (Wildman–Crippen LogP) is 5.71. The molecule has 0 aromatic heterocycles. The van der Waals surface area contributed by atoms with Gasteiger partial charge in [0.2, 0.25) is 21.8 Å². The van der Waals surface area contributed by atoms with Gasteiger partial charge >= 0.3 is 0 Å². The number of sulfonamides is 1. The molecule has 11 heteroatoms. The summed E-state index contributed by atoms with van der Waals surface area (Å²) in [5.74, 6) is -0.598. The number of anilines is 1. The lowest BCUT2D eigenvalue weighted by molar-refractivity contribution is -0.140. The largest absolute Gasteiger partial charge is 0.492 e. The van der Waals surface area contributed by atoms with Gasteiger partial charge < -0.3 is 15.0 Å². The maximum atomic E-state index is 14.2. The number of amides is 2. The Labute approximate surface area is 258 Å². The number of hydrogen-bond donors (Lipinski definition) is 1. The van der Waals surface area contributed by atoms with Gasteiger partial charge in [-0.25, -0.2) is 8.42 Å². The van der Waals surface area contributed by atoms with Crippen LogP contribution in [-0.4, -0.2) is 57.1 Å².